The minimum atomic E-state index is 0.969. The Balaban J connectivity index is 2.02. The highest BCUT2D eigenvalue weighted by Crippen LogP contribution is 2.38. The summed E-state index contributed by atoms with van der Waals surface area (Å²) in [5, 5.41) is 2.22. The molecule has 3 rings (SSSR count). The lowest BCUT2D eigenvalue weighted by Gasteiger charge is -2.22. The number of aromatic nitrogens is 2. The molecule has 0 aromatic carbocycles. The van der Waals surface area contributed by atoms with Gasteiger partial charge in [-0.05, 0) is 37.8 Å². The van der Waals surface area contributed by atoms with E-state index in [9.17, 15) is 0 Å². The molecule has 20 heavy (non-hydrogen) atoms. The first kappa shape index (κ1) is 14.3. The molecule has 2 aromatic heterocycles. The Morgan fingerprint density at radius 2 is 2.10 bits per heavy atom. The average Bonchev–Trinajstić information content (AvgIpc) is 3.04. The SMILES string of the molecule is CSc1scc(-c2nsnc2C2=CCCN(C)C2)c1C. The molecule has 0 spiro atoms. The number of likely N-dealkylation sites (N-methyl/N-ethyl adjacent to an activating group) is 1. The summed E-state index contributed by atoms with van der Waals surface area (Å²) in [7, 11) is 2.16. The fourth-order valence-electron chi connectivity index (χ4n) is 2.47. The van der Waals surface area contributed by atoms with E-state index >= 15 is 0 Å². The molecule has 1 aliphatic rings. The van der Waals surface area contributed by atoms with Gasteiger partial charge in [0.2, 0.25) is 0 Å². The highest BCUT2D eigenvalue weighted by Gasteiger charge is 2.21. The van der Waals surface area contributed by atoms with Crippen molar-refractivity contribution in [3.05, 3.63) is 22.7 Å². The van der Waals surface area contributed by atoms with Crippen LogP contribution in [-0.4, -0.2) is 40.0 Å². The fourth-order valence-corrected chi connectivity index (χ4v) is 4.81. The minimum absolute atomic E-state index is 0.969. The van der Waals surface area contributed by atoms with E-state index in [0.717, 1.165) is 30.9 Å². The van der Waals surface area contributed by atoms with Gasteiger partial charge in [-0.2, -0.15) is 8.75 Å². The zero-order valence-corrected chi connectivity index (χ0v) is 14.3. The number of thiophene rings is 1. The number of nitrogens with zero attached hydrogens (tertiary/aromatic N) is 3. The van der Waals surface area contributed by atoms with Crippen molar-refractivity contribution in [3.63, 3.8) is 0 Å². The average molecular weight is 324 g/mol. The molecule has 0 N–H and O–H groups in total. The maximum absolute atomic E-state index is 4.56. The Bertz CT molecular complexity index is 642. The van der Waals surface area contributed by atoms with E-state index in [-0.39, 0.29) is 0 Å². The third-order valence-electron chi connectivity index (χ3n) is 3.57. The van der Waals surface area contributed by atoms with Crippen LogP contribution in [-0.2, 0) is 0 Å². The quantitative estimate of drug-likeness (QED) is 0.798. The number of hydrogen-bond acceptors (Lipinski definition) is 6. The second-order valence-corrected chi connectivity index (χ2v) is 7.47. The van der Waals surface area contributed by atoms with Gasteiger partial charge in [-0.3, -0.25) is 0 Å². The highest BCUT2D eigenvalue weighted by atomic mass is 32.2. The molecule has 6 heteroatoms. The van der Waals surface area contributed by atoms with Crippen molar-refractivity contribution in [1.29, 1.82) is 0 Å². The normalized spacial score (nSPS) is 16.4. The molecule has 0 amide bonds. The predicted molar refractivity (Wildman–Crippen MR) is 89.8 cm³/mol. The van der Waals surface area contributed by atoms with Crippen molar-refractivity contribution in [2.75, 3.05) is 26.4 Å². The first-order valence-corrected chi connectivity index (χ1v) is 9.37. The molecule has 0 saturated carbocycles. The molecular formula is C14H17N3S3. The zero-order chi connectivity index (χ0) is 14.1. The Labute approximate surface area is 132 Å². The lowest BCUT2D eigenvalue weighted by molar-refractivity contribution is 0.372. The molecule has 106 valence electrons. The number of thioether (sulfide) groups is 1. The van der Waals surface area contributed by atoms with Crippen LogP contribution in [0.25, 0.3) is 16.8 Å². The van der Waals surface area contributed by atoms with Gasteiger partial charge < -0.3 is 4.90 Å². The van der Waals surface area contributed by atoms with Crippen LogP contribution >= 0.6 is 34.8 Å². The molecule has 0 radical (unpaired) electrons. The Hall–Kier alpha value is -0.690. The summed E-state index contributed by atoms with van der Waals surface area (Å²) in [4.78, 5) is 2.34. The molecule has 0 saturated heterocycles. The van der Waals surface area contributed by atoms with Crippen LogP contribution in [0, 0.1) is 6.92 Å². The molecule has 3 nitrogen and oxygen atoms in total. The van der Waals surface area contributed by atoms with Crippen LogP contribution in [0.5, 0.6) is 0 Å². The van der Waals surface area contributed by atoms with Crippen molar-refractivity contribution in [2.24, 2.45) is 0 Å². The Kier molecular flexibility index (Phi) is 4.26. The van der Waals surface area contributed by atoms with Crippen LogP contribution in [0.2, 0.25) is 0 Å². The van der Waals surface area contributed by atoms with Gasteiger partial charge in [0.1, 0.15) is 11.4 Å². The second kappa shape index (κ2) is 5.97. The Morgan fingerprint density at radius 1 is 1.30 bits per heavy atom. The van der Waals surface area contributed by atoms with Crippen LogP contribution in [0.4, 0.5) is 0 Å². The number of hydrogen-bond donors (Lipinski definition) is 0. The van der Waals surface area contributed by atoms with Crippen molar-refractivity contribution < 1.29 is 0 Å². The Morgan fingerprint density at radius 3 is 2.80 bits per heavy atom. The smallest absolute Gasteiger partial charge is 0.113 e. The lowest BCUT2D eigenvalue weighted by atomic mass is 10.0. The van der Waals surface area contributed by atoms with E-state index in [1.54, 1.807) is 23.1 Å². The summed E-state index contributed by atoms with van der Waals surface area (Å²) < 4.78 is 10.5. The molecule has 0 unspecified atom stereocenters. The zero-order valence-electron chi connectivity index (χ0n) is 11.8. The van der Waals surface area contributed by atoms with Crippen molar-refractivity contribution >= 4 is 40.4 Å². The van der Waals surface area contributed by atoms with Gasteiger partial charge in [0.25, 0.3) is 0 Å². The summed E-state index contributed by atoms with van der Waals surface area (Å²) in [6.45, 7) is 4.28. The van der Waals surface area contributed by atoms with Crippen LogP contribution in [0.15, 0.2) is 15.7 Å². The van der Waals surface area contributed by atoms with Crippen molar-refractivity contribution in [1.82, 2.24) is 13.6 Å². The van der Waals surface area contributed by atoms with Crippen LogP contribution < -0.4 is 0 Å². The van der Waals surface area contributed by atoms with E-state index in [1.165, 1.54) is 32.6 Å². The van der Waals surface area contributed by atoms with E-state index in [4.69, 9.17) is 0 Å². The summed E-state index contributed by atoms with van der Waals surface area (Å²) in [6.07, 6.45) is 5.54. The number of rotatable bonds is 3. The molecule has 0 fully saturated rings. The molecule has 3 heterocycles. The molecule has 0 aliphatic carbocycles. The van der Waals surface area contributed by atoms with E-state index in [0.29, 0.717) is 0 Å². The van der Waals surface area contributed by atoms with Gasteiger partial charge in [0.15, 0.2) is 0 Å². The molecule has 1 aliphatic heterocycles. The fraction of sp³-hybridized carbons (Fsp3) is 0.429. The van der Waals surface area contributed by atoms with Crippen molar-refractivity contribution in [2.45, 2.75) is 17.6 Å². The van der Waals surface area contributed by atoms with Gasteiger partial charge in [0, 0.05) is 24.0 Å². The monoisotopic (exact) mass is 323 g/mol. The first-order chi connectivity index (χ1) is 9.70. The summed E-state index contributed by atoms with van der Waals surface area (Å²) >= 11 is 4.93. The van der Waals surface area contributed by atoms with E-state index in [1.807, 2.05) is 0 Å². The maximum Gasteiger partial charge on any atom is 0.113 e. The summed E-state index contributed by atoms with van der Waals surface area (Å²) in [5.74, 6) is 0. The minimum Gasteiger partial charge on any atom is -0.302 e. The summed E-state index contributed by atoms with van der Waals surface area (Å²) in [5.41, 5.74) is 6.04. The predicted octanol–water partition coefficient (Wildman–Crippen LogP) is 4.02. The van der Waals surface area contributed by atoms with E-state index < -0.39 is 0 Å². The van der Waals surface area contributed by atoms with Gasteiger partial charge in [0.05, 0.1) is 15.9 Å². The molecular weight excluding hydrogens is 306 g/mol. The first-order valence-electron chi connectivity index (χ1n) is 6.53. The highest BCUT2D eigenvalue weighted by molar-refractivity contribution is 8.00. The van der Waals surface area contributed by atoms with Gasteiger partial charge in [-0.25, -0.2) is 0 Å². The van der Waals surface area contributed by atoms with Crippen molar-refractivity contribution in [3.8, 4) is 11.3 Å². The van der Waals surface area contributed by atoms with Gasteiger partial charge in [-0.1, -0.05) is 6.08 Å². The van der Waals surface area contributed by atoms with Gasteiger partial charge >= 0.3 is 0 Å². The second-order valence-electron chi connectivity index (χ2n) is 4.98. The van der Waals surface area contributed by atoms with Crippen LogP contribution in [0.1, 0.15) is 17.7 Å². The standard InChI is InChI=1S/C14H17N3S3/c1-9-11(8-19-14(9)18-3)13-12(15-20-16-13)10-5-4-6-17(2)7-10/h5,8H,4,6-7H2,1-3H3. The van der Waals surface area contributed by atoms with E-state index in [2.05, 4.69) is 45.3 Å². The van der Waals surface area contributed by atoms with Crippen LogP contribution in [0.3, 0.4) is 0 Å². The topological polar surface area (TPSA) is 29.0 Å². The molecule has 0 bridgehead atoms. The molecule has 0 atom stereocenters. The van der Waals surface area contributed by atoms with Gasteiger partial charge in [-0.15, -0.1) is 23.1 Å². The third-order valence-corrected chi connectivity index (χ3v) is 6.44. The molecule has 2 aromatic rings. The largest absolute Gasteiger partial charge is 0.302 e. The summed E-state index contributed by atoms with van der Waals surface area (Å²) in [6, 6.07) is 0. The maximum atomic E-state index is 4.56. The lowest BCUT2D eigenvalue weighted by Crippen LogP contribution is -2.25. The third kappa shape index (κ3) is 2.57.